The van der Waals surface area contributed by atoms with Crippen LogP contribution in [0.5, 0.6) is 11.5 Å². The highest BCUT2D eigenvalue weighted by molar-refractivity contribution is 9.09. The van der Waals surface area contributed by atoms with Gasteiger partial charge in [0.1, 0.15) is 0 Å². The van der Waals surface area contributed by atoms with Crippen molar-refractivity contribution in [3.63, 3.8) is 0 Å². The van der Waals surface area contributed by atoms with E-state index in [9.17, 15) is 4.79 Å². The highest BCUT2D eigenvalue weighted by Crippen LogP contribution is 2.36. The lowest BCUT2D eigenvalue weighted by Crippen LogP contribution is -2.25. The Hall–Kier alpha value is -1.49. The van der Waals surface area contributed by atoms with Crippen LogP contribution in [-0.2, 0) is 4.79 Å². The largest absolute Gasteiger partial charge is 0.493 e. The summed E-state index contributed by atoms with van der Waals surface area (Å²) < 4.78 is 11.7. The Morgan fingerprint density at radius 1 is 1.24 bits per heavy atom. The second kappa shape index (κ2) is 8.75. The van der Waals surface area contributed by atoms with E-state index in [0.29, 0.717) is 19.1 Å². The zero-order chi connectivity index (χ0) is 17.6. The Kier molecular flexibility index (Phi) is 6.40. The van der Waals surface area contributed by atoms with Crippen molar-refractivity contribution in [2.24, 2.45) is 0 Å². The summed E-state index contributed by atoms with van der Waals surface area (Å²) in [7, 11) is 1.67. The lowest BCUT2D eigenvalue weighted by Gasteiger charge is -2.19. The van der Waals surface area contributed by atoms with Crippen molar-refractivity contribution in [3.05, 3.63) is 35.9 Å². The van der Waals surface area contributed by atoms with E-state index >= 15 is 0 Å². The minimum atomic E-state index is 0.221. The molecule has 1 aliphatic heterocycles. The molecule has 136 valence electrons. The molecule has 0 N–H and O–H groups in total. The van der Waals surface area contributed by atoms with Gasteiger partial charge < -0.3 is 14.4 Å². The standard InChI is InChI=1S/C20H26BrNO3/c1-24-18-9-8-15(12-19(18)25-17-6-2-3-7-17)16-13-20(23)22(14-16)11-5-4-10-21/h4-5,8-9,12,16-17H,2-3,6-7,10-11,13-14H2,1H3/b5-4+. The molecule has 4 nitrogen and oxygen atoms in total. The third kappa shape index (κ3) is 4.57. The van der Waals surface area contributed by atoms with E-state index in [1.165, 1.54) is 12.8 Å². The number of halogens is 1. The number of amides is 1. The third-order valence-corrected chi connectivity index (χ3v) is 5.42. The number of nitrogens with zero attached hydrogens (tertiary/aromatic N) is 1. The van der Waals surface area contributed by atoms with Crippen LogP contribution < -0.4 is 9.47 Å². The fourth-order valence-corrected chi connectivity index (χ4v) is 3.93. The minimum absolute atomic E-state index is 0.221. The summed E-state index contributed by atoms with van der Waals surface area (Å²) in [6, 6.07) is 6.11. The predicted molar refractivity (Wildman–Crippen MR) is 103 cm³/mol. The maximum Gasteiger partial charge on any atom is 0.223 e. The van der Waals surface area contributed by atoms with Gasteiger partial charge in [0.15, 0.2) is 11.5 Å². The third-order valence-electron chi connectivity index (χ3n) is 5.05. The van der Waals surface area contributed by atoms with Crippen molar-refractivity contribution >= 4 is 21.8 Å². The Labute approximate surface area is 158 Å². The van der Waals surface area contributed by atoms with Crippen molar-refractivity contribution < 1.29 is 14.3 Å². The zero-order valence-corrected chi connectivity index (χ0v) is 16.3. The molecule has 25 heavy (non-hydrogen) atoms. The molecule has 2 aliphatic rings. The number of allylic oxidation sites excluding steroid dienone is 1. The van der Waals surface area contributed by atoms with E-state index in [0.717, 1.165) is 41.8 Å². The summed E-state index contributed by atoms with van der Waals surface area (Å²) in [5, 5.41) is 0.818. The fourth-order valence-electron chi connectivity index (χ4n) is 3.66. The molecule has 5 heteroatoms. The van der Waals surface area contributed by atoms with Gasteiger partial charge in [-0.15, -0.1) is 0 Å². The molecule has 1 aromatic carbocycles. The quantitative estimate of drug-likeness (QED) is 0.499. The fraction of sp³-hybridized carbons (Fsp3) is 0.550. The number of carbonyl (C=O) groups excluding carboxylic acids is 1. The lowest BCUT2D eigenvalue weighted by atomic mass is 9.98. The highest BCUT2D eigenvalue weighted by Gasteiger charge is 2.30. The second-order valence-electron chi connectivity index (χ2n) is 6.76. The van der Waals surface area contributed by atoms with E-state index < -0.39 is 0 Å². The van der Waals surface area contributed by atoms with E-state index in [-0.39, 0.29) is 11.8 Å². The first-order chi connectivity index (χ1) is 12.2. The van der Waals surface area contributed by atoms with Gasteiger partial charge in [0.05, 0.1) is 13.2 Å². The van der Waals surface area contributed by atoms with E-state index in [1.807, 2.05) is 23.1 Å². The molecule has 1 saturated carbocycles. The first-order valence-electron chi connectivity index (χ1n) is 9.04. The van der Waals surface area contributed by atoms with Gasteiger partial charge in [0.25, 0.3) is 0 Å². The average Bonchev–Trinajstić information content (AvgIpc) is 3.25. The van der Waals surface area contributed by atoms with Gasteiger partial charge in [-0.2, -0.15) is 0 Å². The Bertz CT molecular complexity index is 625. The Morgan fingerprint density at radius 2 is 2.04 bits per heavy atom. The number of methoxy groups -OCH3 is 1. The van der Waals surface area contributed by atoms with Crippen LogP contribution >= 0.6 is 15.9 Å². The van der Waals surface area contributed by atoms with Crippen LogP contribution in [0.25, 0.3) is 0 Å². The normalized spacial score (nSPS) is 21.4. The van der Waals surface area contributed by atoms with E-state index in [1.54, 1.807) is 7.11 Å². The molecule has 1 atom stereocenters. The van der Waals surface area contributed by atoms with Crippen LogP contribution in [0.1, 0.15) is 43.6 Å². The number of hydrogen-bond donors (Lipinski definition) is 0. The molecule has 1 heterocycles. The first kappa shape index (κ1) is 18.3. The molecule has 1 amide bonds. The summed E-state index contributed by atoms with van der Waals surface area (Å²) in [6.45, 7) is 1.45. The van der Waals surface area contributed by atoms with Crippen molar-refractivity contribution in [3.8, 4) is 11.5 Å². The number of carbonyl (C=O) groups is 1. The van der Waals surface area contributed by atoms with Crippen LogP contribution in [-0.4, -0.2) is 42.4 Å². The molecule has 2 fully saturated rings. The zero-order valence-electron chi connectivity index (χ0n) is 14.7. The molecule has 0 aromatic heterocycles. The molecule has 1 saturated heterocycles. The molecule has 0 bridgehead atoms. The van der Waals surface area contributed by atoms with Gasteiger partial charge in [-0.05, 0) is 43.4 Å². The number of ether oxygens (including phenoxy) is 2. The van der Waals surface area contributed by atoms with Gasteiger partial charge in [-0.3, -0.25) is 4.79 Å². The Balaban J connectivity index is 1.71. The summed E-state index contributed by atoms with van der Waals surface area (Å²) in [5.41, 5.74) is 1.16. The molecule has 1 aromatic rings. The smallest absolute Gasteiger partial charge is 0.223 e. The summed E-state index contributed by atoms with van der Waals surface area (Å²) in [4.78, 5) is 14.2. The lowest BCUT2D eigenvalue weighted by molar-refractivity contribution is -0.127. The van der Waals surface area contributed by atoms with Crippen LogP contribution in [0.15, 0.2) is 30.4 Å². The second-order valence-corrected chi connectivity index (χ2v) is 7.41. The summed E-state index contributed by atoms with van der Waals surface area (Å²) >= 11 is 3.36. The van der Waals surface area contributed by atoms with Crippen LogP contribution in [0.4, 0.5) is 0 Å². The van der Waals surface area contributed by atoms with Crippen molar-refractivity contribution in [1.82, 2.24) is 4.90 Å². The number of benzene rings is 1. The number of hydrogen-bond acceptors (Lipinski definition) is 3. The molecule has 1 unspecified atom stereocenters. The van der Waals surface area contributed by atoms with Gasteiger partial charge in [-0.1, -0.05) is 34.1 Å². The maximum atomic E-state index is 12.3. The van der Waals surface area contributed by atoms with Gasteiger partial charge >= 0.3 is 0 Å². The molecule has 0 radical (unpaired) electrons. The van der Waals surface area contributed by atoms with Crippen molar-refractivity contribution in [2.45, 2.75) is 44.1 Å². The molecular formula is C20H26BrNO3. The van der Waals surface area contributed by atoms with Crippen LogP contribution in [0.3, 0.4) is 0 Å². The van der Waals surface area contributed by atoms with Crippen LogP contribution in [0, 0.1) is 0 Å². The van der Waals surface area contributed by atoms with E-state index in [2.05, 4.69) is 28.1 Å². The number of alkyl halides is 1. The van der Waals surface area contributed by atoms with Gasteiger partial charge in [0.2, 0.25) is 5.91 Å². The summed E-state index contributed by atoms with van der Waals surface area (Å²) in [5.74, 6) is 2.04. The minimum Gasteiger partial charge on any atom is -0.493 e. The topological polar surface area (TPSA) is 38.8 Å². The van der Waals surface area contributed by atoms with Crippen LogP contribution in [0.2, 0.25) is 0 Å². The first-order valence-corrected chi connectivity index (χ1v) is 10.2. The van der Waals surface area contributed by atoms with Gasteiger partial charge in [0, 0.05) is 30.8 Å². The van der Waals surface area contributed by atoms with E-state index in [4.69, 9.17) is 9.47 Å². The van der Waals surface area contributed by atoms with Crippen molar-refractivity contribution in [2.75, 3.05) is 25.5 Å². The summed E-state index contributed by atoms with van der Waals surface area (Å²) in [6.07, 6.45) is 9.63. The average molecular weight is 408 g/mol. The molecule has 3 rings (SSSR count). The van der Waals surface area contributed by atoms with Crippen molar-refractivity contribution in [1.29, 1.82) is 0 Å². The van der Waals surface area contributed by atoms with Gasteiger partial charge in [-0.25, -0.2) is 0 Å². The Morgan fingerprint density at radius 3 is 2.76 bits per heavy atom. The highest BCUT2D eigenvalue weighted by atomic mass is 79.9. The molecular weight excluding hydrogens is 382 g/mol. The molecule has 1 aliphatic carbocycles. The predicted octanol–water partition coefficient (Wildman–Crippen LogP) is 4.28. The maximum absolute atomic E-state index is 12.3. The number of likely N-dealkylation sites (tertiary alicyclic amines) is 1. The SMILES string of the molecule is COc1ccc(C2CC(=O)N(C/C=C/CBr)C2)cc1OC1CCCC1. The monoisotopic (exact) mass is 407 g/mol. The number of rotatable bonds is 7. The molecule has 0 spiro atoms.